The highest BCUT2D eigenvalue weighted by molar-refractivity contribution is 9.10. The normalized spacial score (nSPS) is 16.3. The fraction of sp³-hybridized carbons (Fsp3) is 0.300. The molecule has 3 nitrogen and oxygen atoms in total. The van der Waals surface area contributed by atoms with E-state index in [0.717, 1.165) is 4.47 Å². The molecule has 1 aliphatic heterocycles. The number of halogens is 2. The molecule has 1 fully saturated rings. The van der Waals surface area contributed by atoms with Gasteiger partial charge >= 0.3 is 0 Å². The number of likely N-dealkylation sites (tertiary alicyclic amines) is 1. The standard InChI is InChI=1S/C10H10BrClN2O/c11-6-1-2-9(12)8(3-6)10(15)14-4-7(13)5-14/h1-3,7H,4-5,13H2. The number of amides is 1. The molecule has 0 atom stereocenters. The van der Waals surface area contributed by atoms with Gasteiger partial charge in [-0.25, -0.2) is 0 Å². The Balaban J connectivity index is 2.22. The quantitative estimate of drug-likeness (QED) is 0.858. The molecule has 0 unspecified atom stereocenters. The third-order valence-electron chi connectivity index (χ3n) is 2.36. The van der Waals surface area contributed by atoms with Gasteiger partial charge in [-0.3, -0.25) is 4.79 Å². The monoisotopic (exact) mass is 288 g/mol. The second kappa shape index (κ2) is 4.12. The van der Waals surface area contributed by atoms with Crippen molar-refractivity contribution in [2.24, 2.45) is 5.73 Å². The van der Waals surface area contributed by atoms with Crippen LogP contribution in [0.1, 0.15) is 10.4 Å². The Morgan fingerprint density at radius 3 is 2.80 bits per heavy atom. The highest BCUT2D eigenvalue weighted by Crippen LogP contribution is 2.23. The summed E-state index contributed by atoms with van der Waals surface area (Å²) in [5.41, 5.74) is 6.14. The summed E-state index contributed by atoms with van der Waals surface area (Å²) < 4.78 is 0.847. The fourth-order valence-electron chi connectivity index (χ4n) is 1.51. The van der Waals surface area contributed by atoms with Crippen LogP contribution in [0.3, 0.4) is 0 Å². The van der Waals surface area contributed by atoms with Crippen molar-refractivity contribution in [3.63, 3.8) is 0 Å². The summed E-state index contributed by atoms with van der Waals surface area (Å²) >= 11 is 9.26. The largest absolute Gasteiger partial charge is 0.335 e. The molecule has 15 heavy (non-hydrogen) atoms. The van der Waals surface area contributed by atoms with Crippen LogP contribution in [0.15, 0.2) is 22.7 Å². The molecule has 0 saturated carbocycles. The Morgan fingerprint density at radius 2 is 2.20 bits per heavy atom. The SMILES string of the molecule is NC1CN(C(=O)c2cc(Br)ccc2Cl)C1. The van der Waals surface area contributed by atoms with Gasteiger partial charge in [0.05, 0.1) is 10.6 Å². The van der Waals surface area contributed by atoms with Gasteiger partial charge in [0.1, 0.15) is 0 Å². The van der Waals surface area contributed by atoms with E-state index in [1.54, 1.807) is 23.1 Å². The second-order valence-electron chi connectivity index (χ2n) is 3.59. The van der Waals surface area contributed by atoms with Crippen LogP contribution >= 0.6 is 27.5 Å². The first kappa shape index (κ1) is 10.9. The van der Waals surface area contributed by atoms with E-state index in [1.807, 2.05) is 0 Å². The van der Waals surface area contributed by atoms with Gasteiger partial charge in [0.2, 0.25) is 0 Å². The molecular formula is C10H10BrClN2O. The lowest BCUT2D eigenvalue weighted by Crippen LogP contribution is -2.57. The maximum absolute atomic E-state index is 11.9. The Bertz CT molecular complexity index is 404. The molecule has 1 aromatic carbocycles. The highest BCUT2D eigenvalue weighted by Gasteiger charge is 2.29. The van der Waals surface area contributed by atoms with Gasteiger partial charge in [-0.2, -0.15) is 0 Å². The van der Waals surface area contributed by atoms with Crippen LogP contribution in [0.4, 0.5) is 0 Å². The summed E-state index contributed by atoms with van der Waals surface area (Å²) in [5.74, 6) is -0.0528. The van der Waals surface area contributed by atoms with Crippen LogP contribution in [-0.4, -0.2) is 29.9 Å². The Kier molecular flexibility index (Phi) is 3.00. The maximum Gasteiger partial charge on any atom is 0.255 e. The third-order valence-corrected chi connectivity index (χ3v) is 3.18. The van der Waals surface area contributed by atoms with Crippen molar-refractivity contribution in [3.8, 4) is 0 Å². The minimum absolute atomic E-state index is 0.0528. The van der Waals surface area contributed by atoms with E-state index in [4.69, 9.17) is 17.3 Å². The summed E-state index contributed by atoms with van der Waals surface area (Å²) in [4.78, 5) is 13.6. The topological polar surface area (TPSA) is 46.3 Å². The van der Waals surface area contributed by atoms with Crippen molar-refractivity contribution in [3.05, 3.63) is 33.3 Å². The van der Waals surface area contributed by atoms with Crippen LogP contribution in [0.5, 0.6) is 0 Å². The molecule has 1 saturated heterocycles. The molecule has 0 aliphatic carbocycles. The molecule has 0 bridgehead atoms. The van der Waals surface area contributed by atoms with Gasteiger partial charge < -0.3 is 10.6 Å². The van der Waals surface area contributed by atoms with Gasteiger partial charge in [0.25, 0.3) is 5.91 Å². The van der Waals surface area contributed by atoms with E-state index in [2.05, 4.69) is 15.9 Å². The average Bonchev–Trinajstić information content (AvgIpc) is 2.16. The number of carbonyl (C=O) groups excluding carboxylic acids is 1. The second-order valence-corrected chi connectivity index (χ2v) is 4.92. The number of rotatable bonds is 1. The van der Waals surface area contributed by atoms with Gasteiger partial charge in [-0.15, -0.1) is 0 Å². The van der Waals surface area contributed by atoms with Crippen molar-refractivity contribution in [1.82, 2.24) is 4.90 Å². The fourth-order valence-corrected chi connectivity index (χ4v) is 2.07. The predicted molar refractivity (Wildman–Crippen MR) is 63.0 cm³/mol. The van der Waals surface area contributed by atoms with E-state index in [0.29, 0.717) is 23.7 Å². The number of nitrogens with zero attached hydrogens (tertiary/aromatic N) is 1. The molecule has 5 heteroatoms. The molecule has 2 N–H and O–H groups in total. The summed E-state index contributed by atoms with van der Waals surface area (Å²) in [5, 5.41) is 0.476. The zero-order valence-corrected chi connectivity index (χ0v) is 10.3. The molecule has 1 aliphatic rings. The molecule has 0 radical (unpaired) electrons. The van der Waals surface area contributed by atoms with Crippen LogP contribution < -0.4 is 5.73 Å². The van der Waals surface area contributed by atoms with E-state index in [9.17, 15) is 4.79 Å². The summed E-state index contributed by atoms with van der Waals surface area (Å²) in [6, 6.07) is 5.36. The first-order valence-corrected chi connectivity index (χ1v) is 5.75. The number of nitrogens with two attached hydrogens (primary N) is 1. The summed E-state index contributed by atoms with van der Waals surface area (Å²) in [6.07, 6.45) is 0. The van der Waals surface area contributed by atoms with E-state index in [1.165, 1.54) is 0 Å². The lowest BCUT2D eigenvalue weighted by atomic mass is 10.1. The third kappa shape index (κ3) is 2.17. The van der Waals surface area contributed by atoms with Crippen LogP contribution in [0.25, 0.3) is 0 Å². The van der Waals surface area contributed by atoms with Crippen LogP contribution in [-0.2, 0) is 0 Å². The Morgan fingerprint density at radius 1 is 1.53 bits per heavy atom. The van der Waals surface area contributed by atoms with Gasteiger partial charge in [-0.1, -0.05) is 27.5 Å². The lowest BCUT2D eigenvalue weighted by Gasteiger charge is -2.37. The van der Waals surface area contributed by atoms with Crippen molar-refractivity contribution in [2.45, 2.75) is 6.04 Å². The van der Waals surface area contributed by atoms with E-state index in [-0.39, 0.29) is 11.9 Å². The van der Waals surface area contributed by atoms with Crippen LogP contribution in [0.2, 0.25) is 5.02 Å². The smallest absolute Gasteiger partial charge is 0.255 e. The molecule has 1 amide bonds. The van der Waals surface area contributed by atoms with Crippen molar-refractivity contribution < 1.29 is 4.79 Å². The molecule has 0 aromatic heterocycles. The zero-order valence-electron chi connectivity index (χ0n) is 7.91. The minimum atomic E-state index is -0.0528. The van der Waals surface area contributed by atoms with E-state index >= 15 is 0 Å². The first-order chi connectivity index (χ1) is 7.08. The molecule has 2 rings (SSSR count). The molecule has 80 valence electrons. The molecular weight excluding hydrogens is 279 g/mol. The average molecular weight is 290 g/mol. The summed E-state index contributed by atoms with van der Waals surface area (Å²) in [7, 11) is 0. The van der Waals surface area contributed by atoms with E-state index < -0.39 is 0 Å². The Hall–Kier alpha value is -0.580. The number of carbonyl (C=O) groups is 1. The molecule has 0 spiro atoms. The molecule has 1 aromatic rings. The van der Waals surface area contributed by atoms with Crippen molar-refractivity contribution in [2.75, 3.05) is 13.1 Å². The number of hydrogen-bond donors (Lipinski definition) is 1. The predicted octanol–water partition coefficient (Wildman–Crippen LogP) is 1.89. The lowest BCUT2D eigenvalue weighted by molar-refractivity contribution is 0.0608. The number of benzene rings is 1. The van der Waals surface area contributed by atoms with Crippen LogP contribution in [0, 0.1) is 0 Å². The van der Waals surface area contributed by atoms with Gasteiger partial charge in [0, 0.05) is 23.6 Å². The van der Waals surface area contributed by atoms with Gasteiger partial charge in [-0.05, 0) is 18.2 Å². The first-order valence-electron chi connectivity index (χ1n) is 4.58. The van der Waals surface area contributed by atoms with Crippen molar-refractivity contribution in [1.29, 1.82) is 0 Å². The molecule has 1 heterocycles. The zero-order chi connectivity index (χ0) is 11.0. The van der Waals surface area contributed by atoms with Gasteiger partial charge in [0.15, 0.2) is 0 Å². The highest BCUT2D eigenvalue weighted by atomic mass is 79.9. The number of hydrogen-bond acceptors (Lipinski definition) is 2. The summed E-state index contributed by atoms with van der Waals surface area (Å²) in [6.45, 7) is 1.23. The Labute approximate surface area is 101 Å². The minimum Gasteiger partial charge on any atom is -0.335 e. The van der Waals surface area contributed by atoms with Crippen molar-refractivity contribution >= 4 is 33.4 Å². The maximum atomic E-state index is 11.9.